The van der Waals surface area contributed by atoms with Crippen LogP contribution in [0.25, 0.3) is 11.3 Å². The van der Waals surface area contributed by atoms with Gasteiger partial charge < -0.3 is 14.4 Å². The minimum absolute atomic E-state index is 0.134. The van der Waals surface area contributed by atoms with Gasteiger partial charge in [0, 0.05) is 30.3 Å². The Kier molecular flexibility index (Phi) is 7.36. The highest BCUT2D eigenvalue weighted by molar-refractivity contribution is 7.87. The Hall–Kier alpha value is -2.76. The monoisotopic (exact) mass is 560 g/mol. The van der Waals surface area contributed by atoms with Gasteiger partial charge in [-0.15, -0.1) is 0 Å². The first-order valence-electron chi connectivity index (χ1n) is 13.5. The number of amides is 1. The van der Waals surface area contributed by atoms with Crippen molar-refractivity contribution in [1.29, 1.82) is 0 Å². The molecule has 4 heterocycles. The second-order valence-electron chi connectivity index (χ2n) is 12.0. The molecule has 11 heteroatoms. The molecule has 3 atom stereocenters. The summed E-state index contributed by atoms with van der Waals surface area (Å²) in [7, 11) is -4.06. The minimum atomic E-state index is -4.06. The van der Waals surface area contributed by atoms with Crippen molar-refractivity contribution in [2.45, 2.75) is 65.1 Å². The maximum Gasteiger partial charge on any atom is 0.304 e. The van der Waals surface area contributed by atoms with E-state index in [1.54, 1.807) is 18.2 Å². The zero-order valence-electron chi connectivity index (χ0n) is 23.1. The average molecular weight is 561 g/mol. The normalized spacial score (nSPS) is 24.5. The highest BCUT2D eigenvalue weighted by Crippen LogP contribution is 2.39. The van der Waals surface area contributed by atoms with Crippen LogP contribution < -0.4 is 14.4 Å². The molecule has 2 aromatic rings. The Balaban J connectivity index is 1.50. The molecule has 0 radical (unpaired) electrons. The Bertz CT molecular complexity index is 1370. The Morgan fingerprint density at radius 3 is 2.64 bits per heavy atom. The van der Waals surface area contributed by atoms with Gasteiger partial charge in [-0.3, -0.25) is 4.79 Å². The van der Waals surface area contributed by atoms with Crippen LogP contribution in [0.15, 0.2) is 30.3 Å². The van der Waals surface area contributed by atoms with Crippen LogP contribution in [0.3, 0.4) is 0 Å². The minimum Gasteiger partial charge on any atom is -0.493 e. The molecular formula is C28H37FN4O5S. The number of carbonyl (C=O) groups is 1. The van der Waals surface area contributed by atoms with Crippen LogP contribution in [0.4, 0.5) is 10.2 Å². The molecule has 1 amide bonds. The summed E-state index contributed by atoms with van der Waals surface area (Å²) >= 11 is 0. The van der Waals surface area contributed by atoms with Crippen molar-refractivity contribution in [2.24, 2.45) is 11.8 Å². The summed E-state index contributed by atoms with van der Waals surface area (Å²) in [4.78, 5) is 20.4. The molecule has 0 spiro atoms. The molecule has 3 aliphatic rings. The molecule has 1 N–H and O–H groups in total. The van der Waals surface area contributed by atoms with E-state index in [1.165, 1.54) is 16.4 Å². The molecule has 0 saturated carbocycles. The van der Waals surface area contributed by atoms with Gasteiger partial charge >= 0.3 is 10.2 Å². The van der Waals surface area contributed by atoms with Gasteiger partial charge in [-0.2, -0.15) is 12.7 Å². The lowest BCUT2D eigenvalue weighted by Gasteiger charge is -2.34. The van der Waals surface area contributed by atoms with Crippen LogP contribution in [0.1, 0.15) is 57.8 Å². The molecule has 9 nitrogen and oxygen atoms in total. The number of hydrogen-bond donors (Lipinski definition) is 1. The molecule has 2 bridgehead atoms. The number of carbonyl (C=O) groups excluding carboxylic acids is 1. The highest BCUT2D eigenvalue weighted by Gasteiger charge is 2.46. The second-order valence-corrected chi connectivity index (χ2v) is 13.7. The summed E-state index contributed by atoms with van der Waals surface area (Å²) < 4.78 is 55.7. The lowest BCUT2D eigenvalue weighted by Crippen LogP contribution is -2.49. The molecular weight excluding hydrogens is 523 g/mol. The fourth-order valence-corrected chi connectivity index (χ4v) is 7.26. The maximum atomic E-state index is 14.6. The fraction of sp³-hybridized carbons (Fsp3) is 0.571. The first kappa shape index (κ1) is 27.8. The van der Waals surface area contributed by atoms with Crippen LogP contribution in [0, 0.1) is 17.7 Å². The van der Waals surface area contributed by atoms with Gasteiger partial charge in [0.2, 0.25) is 0 Å². The smallest absolute Gasteiger partial charge is 0.304 e. The Morgan fingerprint density at radius 1 is 1.26 bits per heavy atom. The van der Waals surface area contributed by atoms with Crippen molar-refractivity contribution in [3.8, 4) is 17.0 Å². The van der Waals surface area contributed by atoms with E-state index in [1.807, 2.05) is 18.7 Å². The lowest BCUT2D eigenvalue weighted by atomic mass is 9.97. The van der Waals surface area contributed by atoms with E-state index < -0.39 is 21.9 Å². The van der Waals surface area contributed by atoms with Crippen LogP contribution in [0.2, 0.25) is 0 Å². The van der Waals surface area contributed by atoms with E-state index in [2.05, 4.69) is 25.5 Å². The van der Waals surface area contributed by atoms with Gasteiger partial charge in [0.25, 0.3) is 5.91 Å². The fourth-order valence-electron chi connectivity index (χ4n) is 5.90. The van der Waals surface area contributed by atoms with Crippen LogP contribution in [0.5, 0.6) is 5.75 Å². The van der Waals surface area contributed by atoms with Crippen molar-refractivity contribution in [3.63, 3.8) is 0 Å². The number of aromatic nitrogens is 1. The third-order valence-electron chi connectivity index (χ3n) is 7.58. The number of nitrogens with one attached hydrogen (secondary N) is 1. The van der Waals surface area contributed by atoms with Gasteiger partial charge in [0.15, 0.2) is 0 Å². The summed E-state index contributed by atoms with van der Waals surface area (Å²) in [6, 6.07) is 7.36. The topological polar surface area (TPSA) is 101 Å². The van der Waals surface area contributed by atoms with Crippen molar-refractivity contribution < 1.29 is 27.1 Å². The van der Waals surface area contributed by atoms with E-state index >= 15 is 0 Å². The van der Waals surface area contributed by atoms with Crippen molar-refractivity contribution in [2.75, 3.05) is 31.2 Å². The number of pyridine rings is 1. The summed E-state index contributed by atoms with van der Waals surface area (Å²) in [5, 5.41) is 0. The molecule has 3 aliphatic heterocycles. The molecule has 1 unspecified atom stereocenters. The number of halogens is 1. The largest absolute Gasteiger partial charge is 0.493 e. The predicted molar refractivity (Wildman–Crippen MR) is 146 cm³/mol. The molecule has 5 rings (SSSR count). The van der Waals surface area contributed by atoms with Crippen LogP contribution in [-0.4, -0.2) is 67.6 Å². The highest BCUT2D eigenvalue weighted by atomic mass is 32.2. The van der Waals surface area contributed by atoms with Crippen molar-refractivity contribution in [1.82, 2.24) is 14.0 Å². The third kappa shape index (κ3) is 5.76. The number of nitrogens with zero attached hydrogens (tertiary/aromatic N) is 3. The number of fused-ring (bicyclic) bond motifs is 2. The van der Waals surface area contributed by atoms with E-state index in [-0.39, 0.29) is 35.7 Å². The number of hydrogen-bond acceptors (Lipinski definition) is 7. The summed E-state index contributed by atoms with van der Waals surface area (Å²) in [5.74, 6) is 0.183. The number of ether oxygens (including phenoxy) is 2. The SMILES string of the molecule is CC(C)COc1cc(F)cc(-c2ccc(C(=O)NS(=O)(=O)N3C[C@H]4CC3CO4)c(N3C[C@@H](C)CC3(C)C)n2)c1. The van der Waals surface area contributed by atoms with Crippen molar-refractivity contribution in [3.05, 3.63) is 41.7 Å². The Labute approximate surface area is 229 Å². The number of anilines is 1. The predicted octanol–water partition coefficient (Wildman–Crippen LogP) is 4.00. The molecule has 212 valence electrons. The zero-order chi connectivity index (χ0) is 28.1. The van der Waals surface area contributed by atoms with Crippen molar-refractivity contribution >= 4 is 21.9 Å². The van der Waals surface area contributed by atoms with Crippen LogP contribution >= 0.6 is 0 Å². The zero-order valence-corrected chi connectivity index (χ0v) is 23.9. The van der Waals surface area contributed by atoms with E-state index in [0.29, 0.717) is 54.9 Å². The van der Waals surface area contributed by atoms with E-state index in [0.717, 1.165) is 6.42 Å². The first-order chi connectivity index (χ1) is 18.3. The standard InChI is InChI=1S/C28H37FN4O5S/c1-17(2)15-37-22-9-19(8-20(29)10-22)25-7-6-24(26(30-25)32-13-18(3)12-28(32,4)5)27(34)31-39(35,36)33-14-23-11-21(33)16-38-23/h6-10,17-18,21,23H,11-16H2,1-5H3,(H,31,34)/t18-,21?,23+/m0/s1. The van der Waals surface area contributed by atoms with E-state index in [4.69, 9.17) is 14.5 Å². The number of benzene rings is 1. The van der Waals surface area contributed by atoms with Gasteiger partial charge in [-0.05, 0) is 62.8 Å². The quantitative estimate of drug-likeness (QED) is 0.521. The molecule has 1 aromatic heterocycles. The third-order valence-corrected chi connectivity index (χ3v) is 9.09. The molecule has 3 fully saturated rings. The second kappa shape index (κ2) is 10.3. The number of morpholine rings is 1. The molecule has 0 aliphatic carbocycles. The van der Waals surface area contributed by atoms with Gasteiger partial charge in [0.1, 0.15) is 17.4 Å². The first-order valence-corrected chi connectivity index (χ1v) is 14.9. The lowest BCUT2D eigenvalue weighted by molar-refractivity contribution is 0.0601. The summed E-state index contributed by atoms with van der Waals surface area (Å²) in [5.41, 5.74) is 0.797. The summed E-state index contributed by atoms with van der Waals surface area (Å²) in [6.07, 6.45) is 1.38. The maximum absolute atomic E-state index is 14.6. The average Bonchev–Trinajstić information content (AvgIpc) is 3.56. The van der Waals surface area contributed by atoms with Gasteiger partial charge in [-0.1, -0.05) is 20.8 Å². The summed E-state index contributed by atoms with van der Waals surface area (Å²) in [6.45, 7) is 12.0. The molecule has 3 saturated heterocycles. The molecule has 39 heavy (non-hydrogen) atoms. The Morgan fingerprint density at radius 2 is 2.03 bits per heavy atom. The van der Waals surface area contributed by atoms with Gasteiger partial charge in [-0.25, -0.2) is 14.1 Å². The van der Waals surface area contributed by atoms with Crippen LogP contribution in [-0.2, 0) is 14.9 Å². The van der Waals surface area contributed by atoms with Gasteiger partial charge in [0.05, 0.1) is 36.6 Å². The van der Waals surface area contributed by atoms with E-state index in [9.17, 15) is 17.6 Å². The number of rotatable bonds is 8. The molecule has 1 aromatic carbocycles.